The van der Waals surface area contributed by atoms with Gasteiger partial charge in [-0.25, -0.2) is 9.97 Å². The Kier molecular flexibility index (Phi) is 7.36. The number of hydrazone groups is 1. The van der Waals surface area contributed by atoms with Gasteiger partial charge in [-0.05, 0) is 55.5 Å². The highest BCUT2D eigenvalue weighted by atomic mass is 35.5. The molecule has 0 radical (unpaired) electrons. The fourth-order valence-electron chi connectivity index (χ4n) is 2.87. The van der Waals surface area contributed by atoms with Crippen LogP contribution in [0.3, 0.4) is 0 Å². The first-order chi connectivity index (χ1) is 15.3. The molecule has 4 aromatic rings. The maximum absolute atomic E-state index is 10.0. The van der Waals surface area contributed by atoms with E-state index in [0.29, 0.717) is 27.9 Å². The van der Waals surface area contributed by atoms with E-state index in [4.69, 9.17) is 21.5 Å². The van der Waals surface area contributed by atoms with Gasteiger partial charge in [0, 0.05) is 28.5 Å². The number of phenols is 1. The number of para-hydroxylation sites is 2. The van der Waals surface area contributed by atoms with Gasteiger partial charge in [0.25, 0.3) is 5.97 Å². The zero-order valence-corrected chi connectivity index (χ0v) is 18.2. The van der Waals surface area contributed by atoms with E-state index in [1.807, 2.05) is 67.6 Å². The summed E-state index contributed by atoms with van der Waals surface area (Å²) in [7, 11) is 0. The van der Waals surface area contributed by atoms with Gasteiger partial charge in [0.05, 0.1) is 11.2 Å². The average molecular weight is 449 g/mol. The number of aromatic nitrogens is 2. The van der Waals surface area contributed by atoms with Crippen molar-refractivity contribution in [3.8, 4) is 17.1 Å². The van der Waals surface area contributed by atoms with Gasteiger partial charge in [-0.2, -0.15) is 5.10 Å². The standard InChI is InChI=1S/C22H17ClN4O.C2H4O2/c1-14(17-6-3-5-9-20(17)28)26-27-22-18-7-2-4-8-19(18)24-21(25-22)15-10-12-16(23)13-11-15;1-2(3)4/h2-13,28H,1H3,(H,24,25,27);1H3,(H,3,4). The predicted octanol–water partition coefficient (Wildman–Crippen LogP) is 5.58. The number of carboxylic acid groups (broad SMARTS) is 1. The zero-order chi connectivity index (χ0) is 23.1. The topological polar surface area (TPSA) is 108 Å². The van der Waals surface area contributed by atoms with Crippen LogP contribution >= 0.6 is 11.6 Å². The van der Waals surface area contributed by atoms with Gasteiger partial charge in [-0.3, -0.25) is 10.2 Å². The molecule has 0 spiro atoms. The molecule has 0 unspecified atom stereocenters. The fourth-order valence-corrected chi connectivity index (χ4v) is 2.99. The second-order valence-electron chi connectivity index (χ2n) is 6.77. The van der Waals surface area contributed by atoms with E-state index in [9.17, 15) is 5.11 Å². The van der Waals surface area contributed by atoms with E-state index in [1.165, 1.54) is 0 Å². The summed E-state index contributed by atoms with van der Waals surface area (Å²) >= 11 is 5.99. The number of hydrogen-bond acceptors (Lipinski definition) is 6. The van der Waals surface area contributed by atoms with E-state index < -0.39 is 5.97 Å². The molecule has 0 bridgehead atoms. The number of anilines is 1. The number of nitrogens with one attached hydrogen (secondary N) is 1. The van der Waals surface area contributed by atoms with E-state index in [2.05, 4.69) is 20.5 Å². The molecule has 0 saturated carbocycles. The molecule has 1 heterocycles. The first-order valence-corrected chi connectivity index (χ1v) is 10.0. The van der Waals surface area contributed by atoms with Crippen molar-refractivity contribution in [2.45, 2.75) is 13.8 Å². The van der Waals surface area contributed by atoms with Gasteiger partial charge >= 0.3 is 0 Å². The number of hydrogen-bond donors (Lipinski definition) is 3. The molecule has 3 aromatic carbocycles. The Balaban J connectivity index is 0.000000668. The van der Waals surface area contributed by atoms with Crippen LogP contribution in [0.4, 0.5) is 5.82 Å². The minimum absolute atomic E-state index is 0.181. The molecule has 3 N–H and O–H groups in total. The molecule has 8 heteroatoms. The lowest BCUT2D eigenvalue weighted by molar-refractivity contribution is -0.134. The lowest BCUT2D eigenvalue weighted by Crippen LogP contribution is -2.03. The Hall–Kier alpha value is -3.97. The van der Waals surface area contributed by atoms with Crippen LogP contribution in [0.15, 0.2) is 77.9 Å². The molecule has 7 nitrogen and oxygen atoms in total. The number of phenolic OH excluding ortho intramolecular Hbond substituents is 1. The van der Waals surface area contributed by atoms with Gasteiger partial charge in [0.2, 0.25) is 0 Å². The molecule has 0 aliphatic carbocycles. The summed E-state index contributed by atoms with van der Waals surface area (Å²) in [6, 6.07) is 22.2. The van der Waals surface area contributed by atoms with Crippen molar-refractivity contribution in [1.82, 2.24) is 9.97 Å². The number of carbonyl (C=O) groups is 1. The van der Waals surface area contributed by atoms with Crippen molar-refractivity contribution in [3.05, 3.63) is 83.4 Å². The van der Waals surface area contributed by atoms with Gasteiger partial charge in [0.1, 0.15) is 5.75 Å². The number of aromatic hydroxyl groups is 1. The molecule has 0 aliphatic heterocycles. The molecule has 0 aliphatic rings. The number of fused-ring (bicyclic) bond motifs is 1. The first kappa shape index (κ1) is 22.7. The molecule has 1 aromatic heterocycles. The molecule has 162 valence electrons. The fraction of sp³-hybridized carbons (Fsp3) is 0.0833. The summed E-state index contributed by atoms with van der Waals surface area (Å²) in [5.41, 5.74) is 6.01. The van der Waals surface area contributed by atoms with Crippen LogP contribution in [0, 0.1) is 0 Å². The van der Waals surface area contributed by atoms with Crippen molar-refractivity contribution in [2.75, 3.05) is 5.43 Å². The van der Waals surface area contributed by atoms with Crippen LogP contribution in [-0.4, -0.2) is 31.9 Å². The lowest BCUT2D eigenvalue weighted by Gasteiger charge is -2.09. The molecule has 0 saturated heterocycles. The highest BCUT2D eigenvalue weighted by Crippen LogP contribution is 2.26. The zero-order valence-electron chi connectivity index (χ0n) is 17.5. The third-order valence-electron chi connectivity index (χ3n) is 4.33. The first-order valence-electron chi connectivity index (χ1n) is 9.66. The monoisotopic (exact) mass is 448 g/mol. The predicted molar refractivity (Wildman–Crippen MR) is 127 cm³/mol. The van der Waals surface area contributed by atoms with Gasteiger partial charge in [0.15, 0.2) is 11.6 Å². The summed E-state index contributed by atoms with van der Waals surface area (Å²) in [6.45, 7) is 2.91. The minimum Gasteiger partial charge on any atom is -0.507 e. The molecule has 0 fully saturated rings. The molecule has 4 rings (SSSR count). The lowest BCUT2D eigenvalue weighted by atomic mass is 10.1. The smallest absolute Gasteiger partial charge is 0.300 e. The Labute approximate surface area is 190 Å². The maximum atomic E-state index is 10.0. The van der Waals surface area contributed by atoms with Crippen molar-refractivity contribution >= 4 is 40.0 Å². The number of rotatable bonds is 4. The van der Waals surface area contributed by atoms with Crippen molar-refractivity contribution in [1.29, 1.82) is 0 Å². The summed E-state index contributed by atoms with van der Waals surface area (Å²) in [6.07, 6.45) is 0. The third-order valence-corrected chi connectivity index (χ3v) is 4.58. The van der Waals surface area contributed by atoms with E-state index in [0.717, 1.165) is 23.4 Å². The van der Waals surface area contributed by atoms with Crippen molar-refractivity contribution in [2.24, 2.45) is 5.10 Å². The second kappa shape index (κ2) is 10.4. The Morgan fingerprint density at radius 2 is 1.56 bits per heavy atom. The van der Waals surface area contributed by atoms with Crippen LogP contribution in [0.2, 0.25) is 5.02 Å². The summed E-state index contributed by atoms with van der Waals surface area (Å²) in [5, 5.41) is 23.4. The number of nitrogens with zero attached hydrogens (tertiary/aromatic N) is 3. The number of benzene rings is 3. The largest absolute Gasteiger partial charge is 0.507 e. The Bertz CT molecular complexity index is 1270. The van der Waals surface area contributed by atoms with Crippen LogP contribution < -0.4 is 5.43 Å². The highest BCUT2D eigenvalue weighted by Gasteiger charge is 2.10. The van der Waals surface area contributed by atoms with Gasteiger partial charge < -0.3 is 10.2 Å². The average Bonchev–Trinajstić information content (AvgIpc) is 2.77. The quantitative estimate of drug-likeness (QED) is 0.277. The normalized spacial score (nSPS) is 10.9. The SMILES string of the molecule is CC(=NNc1nc(-c2ccc(Cl)cc2)nc2ccccc12)c1ccccc1O.CC(=O)O. The molecular formula is C24H21ClN4O3. The molecular weight excluding hydrogens is 428 g/mol. The van der Waals surface area contributed by atoms with Crippen LogP contribution in [-0.2, 0) is 4.79 Å². The molecule has 0 atom stereocenters. The number of halogens is 1. The summed E-state index contributed by atoms with van der Waals surface area (Å²) < 4.78 is 0. The van der Waals surface area contributed by atoms with Crippen LogP contribution in [0.5, 0.6) is 5.75 Å². The van der Waals surface area contributed by atoms with Crippen LogP contribution in [0.1, 0.15) is 19.4 Å². The van der Waals surface area contributed by atoms with Crippen LogP contribution in [0.25, 0.3) is 22.3 Å². The van der Waals surface area contributed by atoms with Gasteiger partial charge in [-0.1, -0.05) is 35.9 Å². The van der Waals surface area contributed by atoms with Gasteiger partial charge in [-0.15, -0.1) is 0 Å². The molecule has 32 heavy (non-hydrogen) atoms. The number of aliphatic carboxylic acids is 1. The third kappa shape index (κ3) is 5.80. The summed E-state index contributed by atoms with van der Waals surface area (Å²) in [4.78, 5) is 18.3. The Morgan fingerprint density at radius 1 is 0.938 bits per heavy atom. The van der Waals surface area contributed by atoms with E-state index in [-0.39, 0.29) is 5.75 Å². The van der Waals surface area contributed by atoms with Crippen molar-refractivity contribution < 1.29 is 15.0 Å². The minimum atomic E-state index is -0.833. The number of carboxylic acids is 1. The van der Waals surface area contributed by atoms with E-state index in [1.54, 1.807) is 12.1 Å². The van der Waals surface area contributed by atoms with E-state index >= 15 is 0 Å². The molecule has 0 amide bonds. The maximum Gasteiger partial charge on any atom is 0.300 e. The highest BCUT2D eigenvalue weighted by molar-refractivity contribution is 6.30. The van der Waals surface area contributed by atoms with Crippen molar-refractivity contribution in [3.63, 3.8) is 0 Å². The summed E-state index contributed by atoms with van der Waals surface area (Å²) in [5.74, 6) is 0.513. The second-order valence-corrected chi connectivity index (χ2v) is 7.20. The Morgan fingerprint density at radius 3 is 2.25 bits per heavy atom.